The Hall–Kier alpha value is -2.61. The van der Waals surface area contributed by atoms with Crippen LogP contribution in [0.4, 0.5) is 5.69 Å². The van der Waals surface area contributed by atoms with Crippen molar-refractivity contribution in [3.63, 3.8) is 0 Å². The van der Waals surface area contributed by atoms with E-state index in [-0.39, 0.29) is 5.91 Å². The minimum atomic E-state index is -0.242. The van der Waals surface area contributed by atoms with E-state index < -0.39 is 0 Å². The zero-order chi connectivity index (χ0) is 21.3. The number of aryl methyl sites for hydroxylation is 1. The van der Waals surface area contributed by atoms with Crippen molar-refractivity contribution >= 4 is 29.2 Å². The molecule has 0 bridgehead atoms. The molecule has 1 aliphatic heterocycles. The minimum Gasteiger partial charge on any atom is -0.495 e. The van der Waals surface area contributed by atoms with Gasteiger partial charge in [-0.2, -0.15) is 0 Å². The molecule has 0 unspecified atom stereocenters. The van der Waals surface area contributed by atoms with Crippen LogP contribution in [-0.4, -0.2) is 63.3 Å². The molecule has 1 fully saturated rings. The van der Waals surface area contributed by atoms with Crippen LogP contribution in [0.15, 0.2) is 47.5 Å². The largest absolute Gasteiger partial charge is 0.495 e. The van der Waals surface area contributed by atoms with Gasteiger partial charge in [-0.1, -0.05) is 29.3 Å². The summed E-state index contributed by atoms with van der Waals surface area (Å²) >= 11 is 6.14. The maximum Gasteiger partial charge on any atom is 0.257 e. The van der Waals surface area contributed by atoms with Crippen molar-refractivity contribution in [2.45, 2.75) is 6.92 Å². The number of nitrogens with one attached hydrogen (secondary N) is 2. The number of ether oxygens (including phenoxy) is 2. The summed E-state index contributed by atoms with van der Waals surface area (Å²) in [5.41, 5.74) is 2.27. The number of anilines is 1. The number of hydrogen-bond acceptors (Lipinski definition) is 5. The van der Waals surface area contributed by atoms with Crippen molar-refractivity contribution in [2.75, 3.05) is 51.8 Å². The molecule has 2 aromatic rings. The number of carbonyl (C=O) groups excluding carboxylic acids is 1. The summed E-state index contributed by atoms with van der Waals surface area (Å²) < 4.78 is 10.8. The van der Waals surface area contributed by atoms with Gasteiger partial charge in [0.05, 0.1) is 32.6 Å². The van der Waals surface area contributed by atoms with E-state index in [1.54, 1.807) is 37.4 Å². The Kier molecular flexibility index (Phi) is 8.07. The topological polar surface area (TPSA) is 75.2 Å². The van der Waals surface area contributed by atoms with E-state index in [0.717, 1.165) is 38.4 Å². The number of morpholine rings is 1. The number of guanidine groups is 1. The van der Waals surface area contributed by atoms with Crippen LogP contribution in [0.1, 0.15) is 15.9 Å². The summed E-state index contributed by atoms with van der Waals surface area (Å²) in [6, 6.07) is 12.6. The van der Waals surface area contributed by atoms with E-state index in [2.05, 4.69) is 20.5 Å². The number of nitrogens with zero attached hydrogens (tertiary/aromatic N) is 2. The van der Waals surface area contributed by atoms with E-state index in [9.17, 15) is 4.79 Å². The van der Waals surface area contributed by atoms with E-state index in [1.165, 1.54) is 0 Å². The molecule has 30 heavy (non-hydrogen) atoms. The van der Waals surface area contributed by atoms with E-state index in [0.29, 0.717) is 34.5 Å². The second-order valence-corrected chi connectivity index (χ2v) is 7.41. The molecular weight excluding hydrogens is 404 g/mol. The van der Waals surface area contributed by atoms with Gasteiger partial charge in [0.2, 0.25) is 5.96 Å². The lowest BCUT2D eigenvalue weighted by Gasteiger charge is -2.25. The number of rotatable bonds is 6. The highest BCUT2D eigenvalue weighted by Crippen LogP contribution is 2.27. The molecule has 0 spiro atoms. The normalized spacial score (nSPS) is 15.0. The van der Waals surface area contributed by atoms with Crippen LogP contribution >= 0.6 is 11.6 Å². The van der Waals surface area contributed by atoms with Crippen LogP contribution in [0.5, 0.6) is 5.75 Å². The molecule has 0 atom stereocenters. The molecule has 0 aliphatic carbocycles. The summed E-state index contributed by atoms with van der Waals surface area (Å²) in [6.45, 7) is 6.53. The highest BCUT2D eigenvalue weighted by atomic mass is 35.5. The number of carbonyl (C=O) groups is 1. The van der Waals surface area contributed by atoms with Crippen LogP contribution in [0.25, 0.3) is 0 Å². The number of amides is 1. The molecule has 0 saturated carbocycles. The summed E-state index contributed by atoms with van der Waals surface area (Å²) in [6.07, 6.45) is 0. The molecule has 1 saturated heterocycles. The van der Waals surface area contributed by atoms with E-state index in [1.807, 2.05) is 19.1 Å². The van der Waals surface area contributed by atoms with Gasteiger partial charge in [-0.15, -0.1) is 0 Å². The van der Waals surface area contributed by atoms with Crippen molar-refractivity contribution < 1.29 is 14.3 Å². The highest BCUT2D eigenvalue weighted by Gasteiger charge is 2.13. The standard InChI is InChI=1S/C22H27ClN4O3/c1-16-3-5-17(6-4-16)21(28)26-22(24-9-10-27-11-13-30-14-12-27)25-19-15-18(23)7-8-20(19)29-2/h3-8,15H,9-14H2,1-2H3,(H2,24,25,26,28). The fraction of sp³-hybridized carbons (Fsp3) is 0.364. The third kappa shape index (κ3) is 6.45. The second-order valence-electron chi connectivity index (χ2n) is 6.97. The average Bonchev–Trinajstić information content (AvgIpc) is 2.75. The lowest BCUT2D eigenvalue weighted by molar-refractivity contribution is 0.0394. The molecular formula is C22H27ClN4O3. The maximum absolute atomic E-state index is 12.7. The molecule has 8 heteroatoms. The predicted octanol–water partition coefficient (Wildman–Crippen LogP) is 3.19. The number of hydrogen-bond donors (Lipinski definition) is 2. The van der Waals surface area contributed by atoms with Gasteiger partial charge < -0.3 is 14.8 Å². The maximum atomic E-state index is 12.7. The smallest absolute Gasteiger partial charge is 0.257 e. The molecule has 3 rings (SSSR count). The van der Waals surface area contributed by atoms with E-state index in [4.69, 9.17) is 21.1 Å². The Bertz CT molecular complexity index is 880. The zero-order valence-corrected chi connectivity index (χ0v) is 18.0. The summed E-state index contributed by atoms with van der Waals surface area (Å²) in [7, 11) is 1.58. The van der Waals surface area contributed by atoms with Gasteiger partial charge in [-0.25, -0.2) is 0 Å². The first-order valence-electron chi connectivity index (χ1n) is 9.88. The first-order valence-corrected chi connectivity index (χ1v) is 10.3. The van der Waals surface area contributed by atoms with Crippen LogP contribution in [0.2, 0.25) is 5.02 Å². The van der Waals surface area contributed by atoms with Gasteiger partial charge in [-0.05, 0) is 37.3 Å². The summed E-state index contributed by atoms with van der Waals surface area (Å²) in [4.78, 5) is 19.6. The second kappa shape index (κ2) is 11.0. The third-order valence-corrected chi connectivity index (χ3v) is 4.99. The Morgan fingerprint density at radius 1 is 1.20 bits per heavy atom. The van der Waals surface area contributed by atoms with Gasteiger partial charge in [0, 0.05) is 30.2 Å². The zero-order valence-electron chi connectivity index (χ0n) is 17.3. The number of methoxy groups -OCH3 is 1. The molecule has 1 heterocycles. The van der Waals surface area contributed by atoms with Crippen molar-refractivity contribution in [3.05, 3.63) is 58.6 Å². The van der Waals surface area contributed by atoms with Crippen molar-refractivity contribution in [3.8, 4) is 5.75 Å². The molecule has 1 amide bonds. The quantitative estimate of drug-likeness (QED) is 0.543. The van der Waals surface area contributed by atoms with Crippen LogP contribution in [0.3, 0.4) is 0 Å². The summed E-state index contributed by atoms with van der Waals surface area (Å²) in [5.74, 6) is 0.702. The lowest BCUT2D eigenvalue weighted by Crippen LogP contribution is -2.39. The van der Waals surface area contributed by atoms with Crippen LogP contribution in [0, 0.1) is 6.92 Å². The summed E-state index contributed by atoms with van der Waals surface area (Å²) in [5, 5.41) is 6.57. The molecule has 1 aliphatic rings. The van der Waals surface area contributed by atoms with Crippen molar-refractivity contribution in [1.82, 2.24) is 10.2 Å². The highest BCUT2D eigenvalue weighted by molar-refractivity contribution is 6.31. The molecule has 2 aromatic carbocycles. The van der Waals surface area contributed by atoms with Gasteiger partial charge in [0.1, 0.15) is 5.75 Å². The third-order valence-electron chi connectivity index (χ3n) is 4.75. The van der Waals surface area contributed by atoms with Gasteiger partial charge in [-0.3, -0.25) is 20.0 Å². The number of aliphatic imine (C=N–C) groups is 1. The molecule has 2 N–H and O–H groups in total. The fourth-order valence-electron chi connectivity index (χ4n) is 3.03. The Labute approximate surface area is 182 Å². The fourth-order valence-corrected chi connectivity index (χ4v) is 3.20. The molecule has 160 valence electrons. The number of benzene rings is 2. The first-order chi connectivity index (χ1) is 14.5. The van der Waals surface area contributed by atoms with Crippen LogP contribution in [-0.2, 0) is 4.74 Å². The lowest BCUT2D eigenvalue weighted by atomic mass is 10.1. The minimum absolute atomic E-state index is 0.242. The first kappa shape index (κ1) is 22.1. The SMILES string of the molecule is COc1ccc(Cl)cc1NC(=NCCN1CCOCC1)NC(=O)c1ccc(C)cc1. The molecule has 7 nitrogen and oxygen atoms in total. The Balaban J connectivity index is 1.74. The Morgan fingerprint density at radius 2 is 1.93 bits per heavy atom. The van der Waals surface area contributed by atoms with Crippen molar-refractivity contribution in [2.24, 2.45) is 4.99 Å². The van der Waals surface area contributed by atoms with Crippen LogP contribution < -0.4 is 15.4 Å². The van der Waals surface area contributed by atoms with Gasteiger partial charge >= 0.3 is 0 Å². The van der Waals surface area contributed by atoms with Gasteiger partial charge in [0.15, 0.2) is 0 Å². The predicted molar refractivity (Wildman–Crippen MR) is 120 cm³/mol. The van der Waals surface area contributed by atoms with E-state index >= 15 is 0 Å². The number of halogens is 1. The average molecular weight is 431 g/mol. The van der Waals surface area contributed by atoms with Gasteiger partial charge in [0.25, 0.3) is 5.91 Å². The monoisotopic (exact) mass is 430 g/mol. The molecule has 0 radical (unpaired) electrons. The molecule has 0 aromatic heterocycles. The Morgan fingerprint density at radius 3 is 2.63 bits per heavy atom. The van der Waals surface area contributed by atoms with Crippen molar-refractivity contribution in [1.29, 1.82) is 0 Å².